The molecule has 0 aromatic heterocycles. The molecule has 3 rings (SSSR count). The number of anilines is 1. The number of likely N-dealkylation sites (tertiary alicyclic amines) is 1. The minimum absolute atomic E-state index is 0.0780. The van der Waals surface area contributed by atoms with Crippen molar-refractivity contribution in [2.45, 2.75) is 39.8 Å². The van der Waals surface area contributed by atoms with E-state index in [0.29, 0.717) is 18.9 Å². The molecule has 5 nitrogen and oxygen atoms in total. The minimum atomic E-state index is -4.60. The van der Waals surface area contributed by atoms with Gasteiger partial charge in [0.1, 0.15) is 6.54 Å². The largest absolute Gasteiger partial charge is 0.416 e. The number of alkyl halides is 3. The second-order valence-corrected chi connectivity index (χ2v) is 8.52. The number of amides is 3. The van der Waals surface area contributed by atoms with Gasteiger partial charge in [0, 0.05) is 5.92 Å². The quantitative estimate of drug-likeness (QED) is 0.754. The number of hydrogen-bond acceptors (Lipinski definition) is 3. The van der Waals surface area contributed by atoms with Crippen molar-refractivity contribution >= 4 is 35.0 Å². The first-order valence-corrected chi connectivity index (χ1v) is 9.19. The van der Waals surface area contributed by atoms with E-state index in [1.807, 2.05) is 13.8 Å². The van der Waals surface area contributed by atoms with Crippen LogP contribution in [0.3, 0.4) is 0 Å². The molecule has 1 saturated carbocycles. The summed E-state index contributed by atoms with van der Waals surface area (Å²) in [4.78, 5) is 39.0. The summed E-state index contributed by atoms with van der Waals surface area (Å²) in [6.45, 7) is 4.98. The zero-order valence-electron chi connectivity index (χ0n) is 15.6. The summed E-state index contributed by atoms with van der Waals surface area (Å²) in [5.74, 6) is -2.01. The highest BCUT2D eigenvalue weighted by atomic mass is 35.5. The number of carbonyl (C=O) groups excluding carboxylic acids is 3. The topological polar surface area (TPSA) is 66.5 Å². The van der Waals surface area contributed by atoms with Crippen LogP contribution in [0.1, 0.15) is 39.2 Å². The fourth-order valence-corrected chi connectivity index (χ4v) is 4.35. The van der Waals surface area contributed by atoms with Crippen molar-refractivity contribution in [1.82, 2.24) is 4.90 Å². The Kier molecular flexibility index (Phi) is 4.77. The Balaban J connectivity index is 1.80. The van der Waals surface area contributed by atoms with Crippen LogP contribution >= 0.6 is 11.6 Å². The maximum atomic E-state index is 12.9. The average Bonchev–Trinajstić information content (AvgIpc) is 2.77. The van der Waals surface area contributed by atoms with Crippen molar-refractivity contribution in [1.29, 1.82) is 0 Å². The SMILES string of the molecule is CC12CCC(C(=O)N(CC(=O)Nc3cc(C(F)(F)F)ccc3Cl)C1=O)C2(C)C. The molecule has 2 atom stereocenters. The fourth-order valence-electron chi connectivity index (χ4n) is 4.18. The van der Waals surface area contributed by atoms with Gasteiger partial charge >= 0.3 is 6.18 Å². The summed E-state index contributed by atoms with van der Waals surface area (Å²) in [5, 5.41) is 2.20. The molecule has 1 aromatic carbocycles. The van der Waals surface area contributed by atoms with E-state index in [1.165, 1.54) is 0 Å². The Hall–Kier alpha value is -2.09. The highest BCUT2D eigenvalue weighted by Crippen LogP contribution is 2.59. The van der Waals surface area contributed by atoms with Crippen LogP contribution in [0.2, 0.25) is 5.02 Å². The lowest BCUT2D eigenvalue weighted by atomic mass is 9.62. The molecule has 1 aromatic rings. The fraction of sp³-hybridized carbons (Fsp3) is 0.526. The Labute approximate surface area is 165 Å². The molecule has 1 saturated heterocycles. The molecule has 1 aliphatic heterocycles. The van der Waals surface area contributed by atoms with Crippen LogP contribution in [0.15, 0.2) is 18.2 Å². The lowest BCUT2D eigenvalue weighted by Gasteiger charge is -2.47. The number of fused-ring (bicyclic) bond motifs is 2. The molecule has 28 heavy (non-hydrogen) atoms. The second kappa shape index (κ2) is 6.47. The van der Waals surface area contributed by atoms with E-state index in [9.17, 15) is 27.6 Å². The molecule has 1 heterocycles. The molecule has 0 radical (unpaired) electrons. The van der Waals surface area contributed by atoms with Gasteiger partial charge in [0.2, 0.25) is 17.7 Å². The van der Waals surface area contributed by atoms with Crippen LogP contribution in [0.4, 0.5) is 18.9 Å². The van der Waals surface area contributed by atoms with E-state index in [1.54, 1.807) is 6.92 Å². The maximum Gasteiger partial charge on any atom is 0.416 e. The summed E-state index contributed by atoms with van der Waals surface area (Å²) < 4.78 is 38.6. The molecule has 2 bridgehead atoms. The molecule has 2 fully saturated rings. The molecule has 1 N–H and O–H groups in total. The molecule has 0 spiro atoms. The molecular weight excluding hydrogens is 397 g/mol. The van der Waals surface area contributed by atoms with Crippen LogP contribution < -0.4 is 5.32 Å². The number of carbonyl (C=O) groups is 3. The Bertz CT molecular complexity index is 868. The van der Waals surface area contributed by atoms with E-state index in [-0.39, 0.29) is 16.6 Å². The van der Waals surface area contributed by atoms with Crippen LogP contribution in [0.5, 0.6) is 0 Å². The van der Waals surface area contributed by atoms with Crippen molar-refractivity contribution in [3.8, 4) is 0 Å². The van der Waals surface area contributed by atoms with Crippen LogP contribution in [0.25, 0.3) is 0 Å². The van der Waals surface area contributed by atoms with Gasteiger partial charge in [0.25, 0.3) is 0 Å². The first-order valence-electron chi connectivity index (χ1n) is 8.81. The zero-order valence-corrected chi connectivity index (χ0v) is 16.4. The van der Waals surface area contributed by atoms with Crippen LogP contribution in [-0.2, 0) is 20.6 Å². The van der Waals surface area contributed by atoms with E-state index >= 15 is 0 Å². The second-order valence-electron chi connectivity index (χ2n) is 8.12. The highest BCUT2D eigenvalue weighted by Gasteiger charge is 2.64. The Morgan fingerprint density at radius 1 is 1.29 bits per heavy atom. The van der Waals surface area contributed by atoms with Crippen molar-refractivity contribution in [3.63, 3.8) is 0 Å². The van der Waals surface area contributed by atoms with Crippen LogP contribution in [-0.4, -0.2) is 29.2 Å². The third-order valence-corrected chi connectivity index (χ3v) is 6.71. The van der Waals surface area contributed by atoms with Crippen molar-refractivity contribution in [2.24, 2.45) is 16.7 Å². The van der Waals surface area contributed by atoms with Gasteiger partial charge in [-0.15, -0.1) is 0 Å². The Morgan fingerprint density at radius 2 is 1.93 bits per heavy atom. The number of nitrogens with zero attached hydrogens (tertiary/aromatic N) is 1. The predicted octanol–water partition coefficient (Wildman–Crippen LogP) is 4.11. The normalized spacial score (nSPS) is 26.5. The van der Waals surface area contributed by atoms with Gasteiger partial charge in [-0.3, -0.25) is 19.3 Å². The Morgan fingerprint density at radius 3 is 2.54 bits per heavy atom. The highest BCUT2D eigenvalue weighted by molar-refractivity contribution is 6.33. The standard InChI is InChI=1S/C19H20ClF3N2O3/c1-17(2)11-6-7-18(17,3)16(28)25(15(11)27)9-14(26)24-13-8-10(19(21,22)23)4-5-12(13)20/h4-5,8,11H,6-7,9H2,1-3H3,(H,24,26). The lowest BCUT2D eigenvalue weighted by Crippen LogP contribution is -2.60. The van der Waals surface area contributed by atoms with E-state index in [2.05, 4.69) is 5.32 Å². The minimum Gasteiger partial charge on any atom is -0.323 e. The molecule has 3 amide bonds. The number of piperidine rings is 1. The van der Waals surface area contributed by atoms with Crippen LogP contribution in [0, 0.1) is 16.7 Å². The van der Waals surface area contributed by atoms with Gasteiger partial charge in [0.15, 0.2) is 0 Å². The molecule has 152 valence electrons. The number of benzene rings is 1. The number of hydrogen-bond donors (Lipinski definition) is 1. The van der Waals surface area contributed by atoms with Crippen molar-refractivity contribution in [2.75, 3.05) is 11.9 Å². The van der Waals surface area contributed by atoms with E-state index < -0.39 is 46.8 Å². The van der Waals surface area contributed by atoms with E-state index in [4.69, 9.17) is 11.6 Å². The number of halogens is 4. The molecule has 9 heteroatoms. The molecular formula is C19H20ClF3N2O3. The first kappa shape index (κ1) is 20.6. The number of rotatable bonds is 3. The van der Waals surface area contributed by atoms with Gasteiger partial charge in [-0.2, -0.15) is 13.2 Å². The molecule has 2 unspecified atom stereocenters. The number of nitrogens with one attached hydrogen (secondary N) is 1. The first-order chi connectivity index (χ1) is 12.8. The predicted molar refractivity (Wildman–Crippen MR) is 96.4 cm³/mol. The molecule has 1 aliphatic carbocycles. The van der Waals surface area contributed by atoms with Crippen molar-refractivity contribution < 1.29 is 27.6 Å². The smallest absolute Gasteiger partial charge is 0.323 e. The van der Waals surface area contributed by atoms with Gasteiger partial charge in [-0.1, -0.05) is 32.4 Å². The van der Waals surface area contributed by atoms with E-state index in [0.717, 1.165) is 17.0 Å². The monoisotopic (exact) mass is 416 g/mol. The summed E-state index contributed by atoms with van der Waals surface area (Å²) >= 11 is 5.88. The van der Waals surface area contributed by atoms with Crippen molar-refractivity contribution in [3.05, 3.63) is 28.8 Å². The number of imide groups is 1. The van der Waals surface area contributed by atoms with Gasteiger partial charge in [0.05, 0.1) is 21.7 Å². The summed E-state index contributed by atoms with van der Waals surface area (Å²) in [6, 6.07) is 2.55. The maximum absolute atomic E-state index is 12.9. The van der Waals surface area contributed by atoms with Gasteiger partial charge in [-0.05, 0) is 36.5 Å². The van der Waals surface area contributed by atoms with Gasteiger partial charge < -0.3 is 5.32 Å². The van der Waals surface area contributed by atoms with Gasteiger partial charge in [-0.25, -0.2) is 0 Å². The molecule has 2 aliphatic rings. The summed E-state index contributed by atoms with van der Waals surface area (Å²) in [7, 11) is 0. The summed E-state index contributed by atoms with van der Waals surface area (Å²) in [6.07, 6.45) is -3.49. The lowest BCUT2D eigenvalue weighted by molar-refractivity contribution is -0.168. The average molecular weight is 417 g/mol. The third-order valence-electron chi connectivity index (χ3n) is 6.38. The zero-order chi connectivity index (χ0) is 21.1. The third kappa shape index (κ3) is 3.07. The summed E-state index contributed by atoms with van der Waals surface area (Å²) in [5.41, 5.74) is -2.48.